The number of nitrogens with one attached hydrogen (secondary N) is 1. The van der Waals surface area contributed by atoms with E-state index in [-0.39, 0.29) is 11.4 Å². The number of benzene rings is 1. The van der Waals surface area contributed by atoms with Crippen LogP contribution in [-0.2, 0) is 16.6 Å². The third-order valence-corrected chi connectivity index (χ3v) is 4.86. The van der Waals surface area contributed by atoms with Crippen LogP contribution in [-0.4, -0.2) is 17.8 Å². The van der Waals surface area contributed by atoms with E-state index in [0.29, 0.717) is 5.69 Å². The number of sulfonamides is 1. The van der Waals surface area contributed by atoms with Gasteiger partial charge < -0.3 is 4.40 Å². The molecule has 5 nitrogen and oxygen atoms in total. The van der Waals surface area contributed by atoms with E-state index in [1.807, 2.05) is 42.8 Å². The van der Waals surface area contributed by atoms with Gasteiger partial charge in [-0.2, -0.15) is 0 Å². The Balaban J connectivity index is 1.79. The molecule has 0 unspecified atom stereocenters. The van der Waals surface area contributed by atoms with Crippen LogP contribution in [0, 0.1) is 13.8 Å². The average Bonchev–Trinajstić information content (AvgIpc) is 2.88. The first-order valence-electron chi connectivity index (χ1n) is 6.95. The zero-order chi connectivity index (χ0) is 15.7. The van der Waals surface area contributed by atoms with E-state index in [9.17, 15) is 8.42 Å². The molecule has 0 amide bonds. The van der Waals surface area contributed by atoms with Gasteiger partial charge in [0, 0.05) is 12.4 Å². The standard InChI is InChI=1S/C16H17N3O2S/c1-12-3-5-15(6-4-12)22(20,21)17-10-14-11-19-8-7-13(2)9-16(19)18-14/h3-9,11,17H,10H2,1-2H3. The number of pyridine rings is 1. The largest absolute Gasteiger partial charge is 0.307 e. The van der Waals surface area contributed by atoms with Gasteiger partial charge in [-0.15, -0.1) is 0 Å². The molecule has 3 rings (SSSR count). The minimum atomic E-state index is -3.52. The lowest BCUT2D eigenvalue weighted by Crippen LogP contribution is -2.23. The Hall–Kier alpha value is -2.18. The summed E-state index contributed by atoms with van der Waals surface area (Å²) in [5.74, 6) is 0. The molecule has 0 saturated carbocycles. The summed E-state index contributed by atoms with van der Waals surface area (Å²) in [6.45, 7) is 4.08. The van der Waals surface area contributed by atoms with Crippen LogP contribution in [0.4, 0.5) is 0 Å². The highest BCUT2D eigenvalue weighted by molar-refractivity contribution is 7.89. The maximum Gasteiger partial charge on any atom is 0.240 e. The van der Waals surface area contributed by atoms with E-state index < -0.39 is 10.0 Å². The van der Waals surface area contributed by atoms with Crippen molar-refractivity contribution in [3.05, 3.63) is 65.6 Å². The Kier molecular flexibility index (Phi) is 3.72. The number of nitrogens with zero attached hydrogens (tertiary/aromatic N) is 2. The summed E-state index contributed by atoms with van der Waals surface area (Å²) in [6.07, 6.45) is 3.74. The van der Waals surface area contributed by atoms with E-state index >= 15 is 0 Å². The van der Waals surface area contributed by atoms with Crippen LogP contribution in [0.5, 0.6) is 0 Å². The van der Waals surface area contributed by atoms with Crippen LogP contribution < -0.4 is 4.72 Å². The molecule has 1 aromatic carbocycles. The Morgan fingerprint density at radius 3 is 2.55 bits per heavy atom. The highest BCUT2D eigenvalue weighted by atomic mass is 32.2. The Morgan fingerprint density at radius 1 is 1.09 bits per heavy atom. The maximum absolute atomic E-state index is 12.2. The lowest BCUT2D eigenvalue weighted by molar-refractivity contribution is 0.580. The van der Waals surface area contributed by atoms with Gasteiger partial charge in [0.15, 0.2) is 0 Å². The lowest BCUT2D eigenvalue weighted by atomic mass is 10.2. The third kappa shape index (κ3) is 3.03. The molecule has 2 heterocycles. The van der Waals surface area contributed by atoms with Crippen LogP contribution in [0.1, 0.15) is 16.8 Å². The molecule has 0 spiro atoms. The summed E-state index contributed by atoms with van der Waals surface area (Å²) in [6, 6.07) is 10.7. The van der Waals surface area contributed by atoms with Gasteiger partial charge in [-0.3, -0.25) is 0 Å². The molecule has 2 aromatic heterocycles. The summed E-state index contributed by atoms with van der Waals surface area (Å²) < 4.78 is 28.9. The van der Waals surface area contributed by atoms with Gasteiger partial charge in [-0.1, -0.05) is 17.7 Å². The first-order chi connectivity index (χ1) is 10.4. The summed E-state index contributed by atoms with van der Waals surface area (Å²) >= 11 is 0. The van der Waals surface area contributed by atoms with Crippen LogP contribution in [0.2, 0.25) is 0 Å². The molecule has 6 heteroatoms. The second-order valence-electron chi connectivity index (χ2n) is 5.34. The molecule has 0 aliphatic carbocycles. The number of imidazole rings is 1. The first kappa shape index (κ1) is 14.7. The van der Waals surface area contributed by atoms with Crippen molar-refractivity contribution in [2.45, 2.75) is 25.3 Å². The number of rotatable bonds is 4. The fourth-order valence-corrected chi connectivity index (χ4v) is 3.19. The van der Waals surface area contributed by atoms with Gasteiger partial charge in [0.05, 0.1) is 17.1 Å². The predicted molar refractivity (Wildman–Crippen MR) is 85.1 cm³/mol. The molecule has 114 valence electrons. The van der Waals surface area contributed by atoms with Crippen molar-refractivity contribution < 1.29 is 8.42 Å². The Morgan fingerprint density at radius 2 is 1.82 bits per heavy atom. The average molecular weight is 315 g/mol. The van der Waals surface area contributed by atoms with E-state index in [2.05, 4.69) is 9.71 Å². The van der Waals surface area contributed by atoms with Gasteiger partial charge in [-0.05, 0) is 43.7 Å². The highest BCUT2D eigenvalue weighted by Gasteiger charge is 2.14. The van der Waals surface area contributed by atoms with Gasteiger partial charge in [-0.25, -0.2) is 18.1 Å². The topological polar surface area (TPSA) is 63.5 Å². The minimum Gasteiger partial charge on any atom is -0.307 e. The normalized spacial score (nSPS) is 11.9. The number of fused-ring (bicyclic) bond motifs is 1. The molecule has 0 aliphatic heterocycles. The highest BCUT2D eigenvalue weighted by Crippen LogP contribution is 2.12. The monoisotopic (exact) mass is 315 g/mol. The number of hydrogen-bond acceptors (Lipinski definition) is 3. The van der Waals surface area contributed by atoms with Crippen LogP contribution in [0.3, 0.4) is 0 Å². The van der Waals surface area contributed by atoms with Crippen LogP contribution in [0.25, 0.3) is 5.65 Å². The molecule has 0 bridgehead atoms. The number of hydrogen-bond donors (Lipinski definition) is 1. The predicted octanol–water partition coefficient (Wildman–Crippen LogP) is 2.43. The zero-order valence-electron chi connectivity index (χ0n) is 12.4. The fourth-order valence-electron chi connectivity index (χ4n) is 2.19. The van der Waals surface area contributed by atoms with Gasteiger partial charge >= 0.3 is 0 Å². The second-order valence-corrected chi connectivity index (χ2v) is 7.11. The minimum absolute atomic E-state index is 0.164. The maximum atomic E-state index is 12.2. The lowest BCUT2D eigenvalue weighted by Gasteiger charge is -2.05. The molecular weight excluding hydrogens is 298 g/mol. The number of aromatic nitrogens is 2. The second kappa shape index (κ2) is 5.55. The van der Waals surface area contributed by atoms with Gasteiger partial charge in [0.1, 0.15) is 5.65 Å². The molecular formula is C16H17N3O2S. The first-order valence-corrected chi connectivity index (χ1v) is 8.43. The smallest absolute Gasteiger partial charge is 0.240 e. The van der Waals surface area contributed by atoms with Crippen molar-refractivity contribution in [2.24, 2.45) is 0 Å². The van der Waals surface area contributed by atoms with Crippen molar-refractivity contribution >= 4 is 15.7 Å². The third-order valence-electron chi connectivity index (χ3n) is 3.44. The van der Waals surface area contributed by atoms with E-state index in [4.69, 9.17) is 0 Å². The van der Waals surface area contributed by atoms with Crippen molar-refractivity contribution in [3.8, 4) is 0 Å². The quantitative estimate of drug-likeness (QED) is 0.804. The fraction of sp³-hybridized carbons (Fsp3) is 0.188. The number of aryl methyl sites for hydroxylation is 2. The summed E-state index contributed by atoms with van der Waals surface area (Å²) in [7, 11) is -3.52. The SMILES string of the molecule is Cc1ccc(S(=O)(=O)NCc2cn3ccc(C)cc3n2)cc1. The Bertz CT molecular complexity index is 912. The molecule has 1 N–H and O–H groups in total. The molecule has 0 aliphatic rings. The zero-order valence-corrected chi connectivity index (χ0v) is 13.3. The Labute approximate surface area is 129 Å². The van der Waals surface area contributed by atoms with Crippen molar-refractivity contribution in [1.82, 2.24) is 14.1 Å². The van der Waals surface area contributed by atoms with Crippen LogP contribution >= 0.6 is 0 Å². The van der Waals surface area contributed by atoms with E-state index in [0.717, 1.165) is 16.8 Å². The van der Waals surface area contributed by atoms with Crippen LogP contribution in [0.15, 0.2) is 53.7 Å². The summed E-state index contributed by atoms with van der Waals surface area (Å²) in [5, 5.41) is 0. The molecule has 3 aromatic rings. The van der Waals surface area contributed by atoms with Gasteiger partial charge in [0.2, 0.25) is 10.0 Å². The molecule has 0 saturated heterocycles. The molecule has 22 heavy (non-hydrogen) atoms. The van der Waals surface area contributed by atoms with Crippen molar-refractivity contribution in [3.63, 3.8) is 0 Å². The van der Waals surface area contributed by atoms with E-state index in [1.165, 1.54) is 0 Å². The molecule has 0 atom stereocenters. The van der Waals surface area contributed by atoms with E-state index in [1.54, 1.807) is 24.3 Å². The summed E-state index contributed by atoms with van der Waals surface area (Å²) in [4.78, 5) is 4.68. The van der Waals surface area contributed by atoms with Gasteiger partial charge in [0.25, 0.3) is 0 Å². The van der Waals surface area contributed by atoms with Crippen molar-refractivity contribution in [2.75, 3.05) is 0 Å². The van der Waals surface area contributed by atoms with Crippen molar-refractivity contribution in [1.29, 1.82) is 0 Å². The molecule has 0 fully saturated rings. The summed E-state index contributed by atoms with van der Waals surface area (Å²) in [5.41, 5.74) is 3.63. The molecule has 0 radical (unpaired) electrons.